The number of rotatable bonds is 2. The monoisotopic (exact) mass is 265 g/mol. The third-order valence-corrected chi connectivity index (χ3v) is 3.76. The number of hydrogen-bond donors (Lipinski definition) is 1. The van der Waals surface area contributed by atoms with Crippen molar-refractivity contribution >= 4 is 17.2 Å². The van der Waals surface area contributed by atoms with Crippen LogP contribution in [0.4, 0.5) is 11.4 Å². The fourth-order valence-electron chi connectivity index (χ4n) is 2.88. The van der Waals surface area contributed by atoms with E-state index in [2.05, 4.69) is 20.9 Å². The Balaban J connectivity index is 1.68. The number of imidazole rings is 1. The average molecular weight is 265 g/mol. The predicted molar refractivity (Wildman–Crippen MR) is 78.6 cm³/mol. The van der Waals surface area contributed by atoms with Crippen LogP contribution in [0.2, 0.25) is 0 Å². The van der Waals surface area contributed by atoms with Gasteiger partial charge in [0.25, 0.3) is 0 Å². The summed E-state index contributed by atoms with van der Waals surface area (Å²) in [5.41, 5.74) is 10.5. The largest absolute Gasteiger partial charge is 0.397 e. The van der Waals surface area contributed by atoms with Gasteiger partial charge in [-0.05, 0) is 24.1 Å². The standard InChI is InChI=1S/C15H15N5/c16-13-4-1-3-11-5-8-19(14(11)13)9-12-10-20-7-2-6-17-15(20)18-12/h1-4,6-7,10H,5,8-9,16H2. The van der Waals surface area contributed by atoms with Crippen LogP contribution in [0.3, 0.4) is 0 Å². The lowest BCUT2D eigenvalue weighted by Gasteiger charge is -2.19. The topological polar surface area (TPSA) is 59.5 Å². The molecule has 0 spiro atoms. The fraction of sp³-hybridized carbons (Fsp3) is 0.200. The average Bonchev–Trinajstić information content (AvgIpc) is 3.03. The second-order valence-electron chi connectivity index (χ2n) is 5.09. The number of nitrogen functional groups attached to an aromatic ring is 1. The summed E-state index contributed by atoms with van der Waals surface area (Å²) < 4.78 is 1.95. The molecule has 1 aliphatic heterocycles. The second kappa shape index (κ2) is 4.23. The van der Waals surface area contributed by atoms with Crippen molar-refractivity contribution in [2.24, 2.45) is 0 Å². The molecule has 0 unspecified atom stereocenters. The fourth-order valence-corrected chi connectivity index (χ4v) is 2.88. The molecule has 5 nitrogen and oxygen atoms in total. The highest BCUT2D eigenvalue weighted by molar-refractivity contribution is 5.74. The molecule has 0 fully saturated rings. The first-order chi connectivity index (χ1) is 9.81. The van der Waals surface area contributed by atoms with Crippen LogP contribution in [0.5, 0.6) is 0 Å². The van der Waals surface area contributed by atoms with E-state index in [1.807, 2.05) is 35.0 Å². The molecule has 1 aliphatic rings. The van der Waals surface area contributed by atoms with Gasteiger partial charge in [0.05, 0.1) is 23.6 Å². The zero-order valence-electron chi connectivity index (χ0n) is 11.0. The van der Waals surface area contributed by atoms with Gasteiger partial charge >= 0.3 is 0 Å². The van der Waals surface area contributed by atoms with Gasteiger partial charge < -0.3 is 10.6 Å². The lowest BCUT2D eigenvalue weighted by molar-refractivity contribution is 0.821. The van der Waals surface area contributed by atoms with Crippen molar-refractivity contribution in [1.82, 2.24) is 14.4 Å². The van der Waals surface area contributed by atoms with Gasteiger partial charge in [0.15, 0.2) is 0 Å². The van der Waals surface area contributed by atoms with E-state index in [1.165, 1.54) is 5.56 Å². The third kappa shape index (κ3) is 1.71. The summed E-state index contributed by atoms with van der Waals surface area (Å²) in [6.45, 7) is 1.76. The molecular weight excluding hydrogens is 250 g/mol. The van der Waals surface area contributed by atoms with E-state index in [1.54, 1.807) is 6.20 Å². The molecule has 3 aromatic rings. The van der Waals surface area contributed by atoms with E-state index >= 15 is 0 Å². The Bertz CT molecular complexity index is 744. The van der Waals surface area contributed by atoms with E-state index in [-0.39, 0.29) is 0 Å². The highest BCUT2D eigenvalue weighted by atomic mass is 15.2. The predicted octanol–water partition coefficient (Wildman–Crippen LogP) is 1.87. The highest BCUT2D eigenvalue weighted by Gasteiger charge is 2.22. The molecule has 1 aromatic carbocycles. The minimum absolute atomic E-state index is 0.739. The SMILES string of the molecule is Nc1cccc2c1N(Cc1cn3cccnc3n1)CC2. The zero-order chi connectivity index (χ0) is 13.5. The molecule has 0 saturated carbocycles. The Kier molecular flexibility index (Phi) is 2.39. The smallest absolute Gasteiger partial charge is 0.233 e. The number of nitrogens with zero attached hydrogens (tertiary/aromatic N) is 4. The van der Waals surface area contributed by atoms with Gasteiger partial charge in [-0.1, -0.05) is 12.1 Å². The Hall–Kier alpha value is -2.56. The highest BCUT2D eigenvalue weighted by Crippen LogP contribution is 2.34. The maximum Gasteiger partial charge on any atom is 0.233 e. The van der Waals surface area contributed by atoms with Gasteiger partial charge in [-0.25, -0.2) is 9.97 Å². The minimum atomic E-state index is 0.739. The zero-order valence-corrected chi connectivity index (χ0v) is 11.0. The lowest BCUT2D eigenvalue weighted by atomic mass is 10.1. The van der Waals surface area contributed by atoms with Crippen LogP contribution in [0.25, 0.3) is 5.78 Å². The van der Waals surface area contributed by atoms with Gasteiger partial charge in [-0.15, -0.1) is 0 Å². The number of fused-ring (bicyclic) bond motifs is 2. The summed E-state index contributed by atoms with van der Waals surface area (Å²) in [6.07, 6.45) is 6.80. The number of hydrogen-bond acceptors (Lipinski definition) is 4. The van der Waals surface area contributed by atoms with Gasteiger partial charge in [0, 0.05) is 25.1 Å². The number of para-hydroxylation sites is 1. The van der Waals surface area contributed by atoms with E-state index in [0.29, 0.717) is 0 Å². The molecule has 0 atom stereocenters. The van der Waals surface area contributed by atoms with Crippen molar-refractivity contribution < 1.29 is 0 Å². The summed E-state index contributed by atoms with van der Waals surface area (Å²) in [6, 6.07) is 8.04. The first kappa shape index (κ1) is 11.3. The van der Waals surface area contributed by atoms with Crippen LogP contribution in [0, 0.1) is 0 Å². The van der Waals surface area contributed by atoms with Gasteiger partial charge in [0.2, 0.25) is 5.78 Å². The Morgan fingerprint density at radius 3 is 3.10 bits per heavy atom. The molecule has 20 heavy (non-hydrogen) atoms. The first-order valence-corrected chi connectivity index (χ1v) is 6.72. The maximum absolute atomic E-state index is 6.11. The third-order valence-electron chi connectivity index (χ3n) is 3.76. The normalized spacial score (nSPS) is 13.9. The molecule has 0 saturated heterocycles. The van der Waals surface area contributed by atoms with E-state index in [9.17, 15) is 0 Å². The van der Waals surface area contributed by atoms with E-state index in [0.717, 1.165) is 42.4 Å². The number of anilines is 2. The summed E-state index contributed by atoms with van der Waals surface area (Å²) in [4.78, 5) is 11.1. The van der Waals surface area contributed by atoms with Crippen LogP contribution in [-0.4, -0.2) is 20.9 Å². The van der Waals surface area contributed by atoms with Gasteiger partial charge in [-0.2, -0.15) is 0 Å². The van der Waals surface area contributed by atoms with Crippen molar-refractivity contribution in [1.29, 1.82) is 0 Å². The van der Waals surface area contributed by atoms with E-state index < -0.39 is 0 Å². The van der Waals surface area contributed by atoms with E-state index in [4.69, 9.17) is 5.73 Å². The summed E-state index contributed by atoms with van der Waals surface area (Å²) in [5.74, 6) is 0.739. The summed E-state index contributed by atoms with van der Waals surface area (Å²) in [7, 11) is 0. The van der Waals surface area contributed by atoms with Crippen molar-refractivity contribution in [3.63, 3.8) is 0 Å². The van der Waals surface area contributed by atoms with Crippen LogP contribution in [0.1, 0.15) is 11.3 Å². The maximum atomic E-state index is 6.11. The molecule has 2 aromatic heterocycles. The quantitative estimate of drug-likeness (QED) is 0.719. The van der Waals surface area contributed by atoms with Crippen LogP contribution in [0.15, 0.2) is 42.9 Å². The van der Waals surface area contributed by atoms with Crippen molar-refractivity contribution in [3.05, 3.63) is 54.1 Å². The number of nitrogens with two attached hydrogens (primary N) is 1. The van der Waals surface area contributed by atoms with Gasteiger partial charge in [-0.3, -0.25) is 4.40 Å². The molecule has 0 bridgehead atoms. The number of aromatic nitrogens is 3. The van der Waals surface area contributed by atoms with Crippen LogP contribution >= 0.6 is 0 Å². The molecule has 0 radical (unpaired) electrons. The van der Waals surface area contributed by atoms with Crippen LogP contribution in [-0.2, 0) is 13.0 Å². The molecule has 2 N–H and O–H groups in total. The summed E-state index contributed by atoms with van der Waals surface area (Å²) >= 11 is 0. The lowest BCUT2D eigenvalue weighted by Crippen LogP contribution is -2.20. The molecule has 4 rings (SSSR count). The summed E-state index contributed by atoms with van der Waals surface area (Å²) in [5, 5.41) is 0. The minimum Gasteiger partial charge on any atom is -0.397 e. The van der Waals surface area contributed by atoms with Crippen molar-refractivity contribution in [2.75, 3.05) is 17.2 Å². The Morgan fingerprint density at radius 1 is 1.25 bits per heavy atom. The molecular formula is C15H15N5. The van der Waals surface area contributed by atoms with Crippen molar-refractivity contribution in [3.8, 4) is 0 Å². The molecule has 3 heterocycles. The van der Waals surface area contributed by atoms with Crippen molar-refractivity contribution in [2.45, 2.75) is 13.0 Å². The Labute approximate surface area is 116 Å². The first-order valence-electron chi connectivity index (χ1n) is 6.72. The molecule has 100 valence electrons. The molecule has 5 heteroatoms. The molecule has 0 aliphatic carbocycles. The second-order valence-corrected chi connectivity index (χ2v) is 5.09. The Morgan fingerprint density at radius 2 is 2.20 bits per heavy atom. The molecule has 0 amide bonds. The van der Waals surface area contributed by atoms with Gasteiger partial charge in [0.1, 0.15) is 0 Å². The van der Waals surface area contributed by atoms with Crippen LogP contribution < -0.4 is 10.6 Å². The number of benzene rings is 1.